The number of aromatic nitrogens is 1. The lowest BCUT2D eigenvalue weighted by Crippen LogP contribution is -1.86. The molecule has 0 N–H and O–H groups in total. The zero-order valence-electron chi connectivity index (χ0n) is 7.87. The van der Waals surface area contributed by atoms with E-state index in [1.165, 1.54) is 0 Å². The highest BCUT2D eigenvalue weighted by Crippen LogP contribution is 2.28. The number of rotatable bonds is 1. The predicted molar refractivity (Wildman–Crippen MR) is 59.4 cm³/mol. The first-order valence-electron chi connectivity index (χ1n) is 4.45. The SMILES string of the molecule is Cc1ncccc1-c1ccccc1Cl. The number of benzene rings is 1. The highest BCUT2D eigenvalue weighted by molar-refractivity contribution is 6.33. The molecular formula is C12H10ClN. The van der Waals surface area contributed by atoms with E-state index < -0.39 is 0 Å². The van der Waals surface area contributed by atoms with Gasteiger partial charge < -0.3 is 0 Å². The van der Waals surface area contributed by atoms with E-state index in [0.29, 0.717) is 0 Å². The Bertz CT molecular complexity index is 408. The van der Waals surface area contributed by atoms with Crippen LogP contribution in [0.25, 0.3) is 11.1 Å². The number of pyridine rings is 1. The van der Waals surface area contributed by atoms with E-state index >= 15 is 0 Å². The lowest BCUT2D eigenvalue weighted by molar-refractivity contribution is 1.20. The maximum Gasteiger partial charge on any atom is 0.0485 e. The van der Waals surface area contributed by atoms with Crippen LogP contribution in [0.1, 0.15) is 5.69 Å². The van der Waals surface area contributed by atoms with E-state index in [1.807, 2.05) is 43.3 Å². The van der Waals surface area contributed by atoms with Gasteiger partial charge >= 0.3 is 0 Å². The van der Waals surface area contributed by atoms with Crippen molar-refractivity contribution in [1.82, 2.24) is 4.98 Å². The Kier molecular flexibility index (Phi) is 2.51. The van der Waals surface area contributed by atoms with Crippen LogP contribution in [0.4, 0.5) is 0 Å². The quantitative estimate of drug-likeness (QED) is 0.689. The van der Waals surface area contributed by atoms with Gasteiger partial charge in [-0.2, -0.15) is 0 Å². The van der Waals surface area contributed by atoms with Crippen molar-refractivity contribution < 1.29 is 0 Å². The fraction of sp³-hybridized carbons (Fsp3) is 0.0833. The van der Waals surface area contributed by atoms with Crippen LogP contribution < -0.4 is 0 Å². The van der Waals surface area contributed by atoms with Crippen molar-refractivity contribution in [2.24, 2.45) is 0 Å². The molecule has 0 atom stereocenters. The smallest absolute Gasteiger partial charge is 0.0485 e. The normalized spacial score (nSPS) is 10.1. The van der Waals surface area contributed by atoms with Gasteiger partial charge in [-0.1, -0.05) is 35.9 Å². The van der Waals surface area contributed by atoms with Gasteiger partial charge in [0.05, 0.1) is 0 Å². The first-order chi connectivity index (χ1) is 6.79. The lowest BCUT2D eigenvalue weighted by atomic mass is 10.0. The molecule has 14 heavy (non-hydrogen) atoms. The van der Waals surface area contributed by atoms with E-state index in [4.69, 9.17) is 11.6 Å². The van der Waals surface area contributed by atoms with Crippen LogP contribution in [0.15, 0.2) is 42.6 Å². The first kappa shape index (κ1) is 9.22. The van der Waals surface area contributed by atoms with Gasteiger partial charge in [-0.25, -0.2) is 0 Å². The topological polar surface area (TPSA) is 12.9 Å². The highest BCUT2D eigenvalue weighted by Gasteiger charge is 2.04. The molecule has 0 fully saturated rings. The molecule has 2 heteroatoms. The van der Waals surface area contributed by atoms with E-state index in [2.05, 4.69) is 4.98 Å². The second-order valence-electron chi connectivity index (χ2n) is 3.12. The summed E-state index contributed by atoms with van der Waals surface area (Å²) in [7, 11) is 0. The Morgan fingerprint density at radius 2 is 1.71 bits per heavy atom. The van der Waals surface area contributed by atoms with Crippen molar-refractivity contribution in [3.63, 3.8) is 0 Å². The van der Waals surface area contributed by atoms with Crippen molar-refractivity contribution in [3.8, 4) is 11.1 Å². The number of nitrogens with zero attached hydrogens (tertiary/aromatic N) is 1. The monoisotopic (exact) mass is 203 g/mol. The molecule has 0 saturated heterocycles. The van der Waals surface area contributed by atoms with Gasteiger partial charge in [0.1, 0.15) is 0 Å². The largest absolute Gasteiger partial charge is 0.261 e. The summed E-state index contributed by atoms with van der Waals surface area (Å²) in [5, 5.41) is 0.767. The third kappa shape index (κ3) is 1.64. The first-order valence-corrected chi connectivity index (χ1v) is 4.83. The van der Waals surface area contributed by atoms with Gasteiger partial charge in [0, 0.05) is 28.0 Å². The molecule has 1 aromatic heterocycles. The molecular weight excluding hydrogens is 194 g/mol. The van der Waals surface area contributed by atoms with E-state index in [-0.39, 0.29) is 0 Å². The molecule has 0 bridgehead atoms. The van der Waals surface area contributed by atoms with Crippen molar-refractivity contribution in [2.45, 2.75) is 6.92 Å². The fourth-order valence-corrected chi connectivity index (χ4v) is 1.69. The average Bonchev–Trinajstić information content (AvgIpc) is 2.20. The van der Waals surface area contributed by atoms with Crippen LogP contribution >= 0.6 is 11.6 Å². The van der Waals surface area contributed by atoms with Gasteiger partial charge in [-0.3, -0.25) is 4.98 Å². The van der Waals surface area contributed by atoms with E-state index in [0.717, 1.165) is 21.8 Å². The minimum atomic E-state index is 0.767. The van der Waals surface area contributed by atoms with Crippen LogP contribution in [0.2, 0.25) is 5.02 Å². The van der Waals surface area contributed by atoms with E-state index in [1.54, 1.807) is 6.20 Å². The third-order valence-electron chi connectivity index (χ3n) is 2.17. The van der Waals surface area contributed by atoms with Crippen molar-refractivity contribution in [2.75, 3.05) is 0 Å². The fourth-order valence-electron chi connectivity index (χ4n) is 1.45. The zero-order chi connectivity index (χ0) is 9.97. The second kappa shape index (κ2) is 3.81. The van der Waals surface area contributed by atoms with Gasteiger partial charge in [0.15, 0.2) is 0 Å². The summed E-state index contributed by atoms with van der Waals surface area (Å²) in [6.07, 6.45) is 1.79. The predicted octanol–water partition coefficient (Wildman–Crippen LogP) is 3.71. The Labute approximate surface area is 88.4 Å². The minimum Gasteiger partial charge on any atom is -0.261 e. The molecule has 0 aliphatic carbocycles. The number of aryl methyl sites for hydroxylation is 1. The molecule has 0 amide bonds. The summed E-state index contributed by atoms with van der Waals surface area (Å²) in [6, 6.07) is 11.8. The standard InChI is InChI=1S/C12H10ClN/c1-9-10(6-4-8-14-9)11-5-2-3-7-12(11)13/h2-8H,1H3. The molecule has 0 spiro atoms. The van der Waals surface area contributed by atoms with Crippen LogP contribution in [0.5, 0.6) is 0 Å². The summed E-state index contributed by atoms with van der Waals surface area (Å²) in [5.41, 5.74) is 3.14. The Morgan fingerprint density at radius 1 is 1.00 bits per heavy atom. The molecule has 1 nitrogen and oxygen atoms in total. The van der Waals surface area contributed by atoms with Crippen LogP contribution in [0, 0.1) is 6.92 Å². The molecule has 0 aliphatic rings. The Balaban J connectivity index is 2.61. The molecule has 1 aromatic carbocycles. The van der Waals surface area contributed by atoms with Gasteiger partial charge in [-0.05, 0) is 19.1 Å². The van der Waals surface area contributed by atoms with Crippen LogP contribution in [-0.2, 0) is 0 Å². The molecule has 2 aromatic rings. The highest BCUT2D eigenvalue weighted by atomic mass is 35.5. The van der Waals surface area contributed by atoms with Crippen LogP contribution in [-0.4, -0.2) is 4.98 Å². The molecule has 0 aliphatic heterocycles. The number of halogens is 1. The molecule has 70 valence electrons. The maximum atomic E-state index is 6.10. The van der Waals surface area contributed by atoms with Gasteiger partial charge in [0.2, 0.25) is 0 Å². The van der Waals surface area contributed by atoms with Crippen molar-refractivity contribution in [1.29, 1.82) is 0 Å². The molecule has 2 rings (SSSR count). The minimum absolute atomic E-state index is 0.767. The third-order valence-corrected chi connectivity index (χ3v) is 2.50. The zero-order valence-corrected chi connectivity index (χ0v) is 8.62. The second-order valence-corrected chi connectivity index (χ2v) is 3.52. The number of hydrogen-bond donors (Lipinski definition) is 0. The van der Waals surface area contributed by atoms with Gasteiger partial charge in [0.25, 0.3) is 0 Å². The molecule has 0 unspecified atom stereocenters. The van der Waals surface area contributed by atoms with Crippen molar-refractivity contribution >= 4 is 11.6 Å². The van der Waals surface area contributed by atoms with E-state index in [9.17, 15) is 0 Å². The summed E-state index contributed by atoms with van der Waals surface area (Å²) in [5.74, 6) is 0. The average molecular weight is 204 g/mol. The summed E-state index contributed by atoms with van der Waals surface area (Å²) >= 11 is 6.10. The Hall–Kier alpha value is -1.34. The molecule has 0 saturated carbocycles. The summed E-state index contributed by atoms with van der Waals surface area (Å²) in [6.45, 7) is 1.98. The summed E-state index contributed by atoms with van der Waals surface area (Å²) < 4.78 is 0. The summed E-state index contributed by atoms with van der Waals surface area (Å²) in [4.78, 5) is 4.24. The van der Waals surface area contributed by atoms with Crippen molar-refractivity contribution in [3.05, 3.63) is 53.3 Å². The number of hydrogen-bond acceptors (Lipinski definition) is 1. The van der Waals surface area contributed by atoms with Gasteiger partial charge in [-0.15, -0.1) is 0 Å². The molecule has 0 radical (unpaired) electrons. The molecule has 1 heterocycles. The van der Waals surface area contributed by atoms with Crippen LogP contribution in [0.3, 0.4) is 0 Å². The maximum absolute atomic E-state index is 6.10. The lowest BCUT2D eigenvalue weighted by Gasteiger charge is -2.06. The Morgan fingerprint density at radius 3 is 2.43 bits per heavy atom.